The van der Waals surface area contributed by atoms with Crippen molar-refractivity contribution in [3.8, 4) is 11.1 Å². The molecule has 0 spiro atoms. The molecule has 0 unspecified atom stereocenters. The van der Waals surface area contributed by atoms with Crippen LogP contribution in [-0.4, -0.2) is 12.6 Å². The lowest BCUT2D eigenvalue weighted by molar-refractivity contribution is 0.0526. The largest absolute Gasteiger partial charge is 0.462 e. The van der Waals surface area contributed by atoms with Crippen LogP contribution in [0.4, 0.5) is 17.6 Å². The van der Waals surface area contributed by atoms with Crippen LogP contribution in [-0.2, 0) is 4.74 Å². The number of hydrogen-bond donors (Lipinski definition) is 0. The normalized spacial score (nSPS) is 10.5. The molecule has 6 heteroatoms. The molecule has 0 saturated carbocycles. The maximum atomic E-state index is 13.8. The SMILES string of the molecule is CCOC(=O)c1cc(F)c(F)cc1-c1cccc(F)c1F. The number of carbonyl (C=O) groups excluding carboxylic acids is 1. The number of benzene rings is 2. The van der Waals surface area contributed by atoms with E-state index in [2.05, 4.69) is 0 Å². The molecule has 0 aliphatic carbocycles. The van der Waals surface area contributed by atoms with Gasteiger partial charge in [0.2, 0.25) is 0 Å². The zero-order valence-corrected chi connectivity index (χ0v) is 10.9. The molecule has 2 aromatic rings. The van der Waals surface area contributed by atoms with E-state index in [-0.39, 0.29) is 23.3 Å². The fourth-order valence-corrected chi connectivity index (χ4v) is 1.86. The van der Waals surface area contributed by atoms with Gasteiger partial charge in [0.25, 0.3) is 0 Å². The molecule has 2 rings (SSSR count). The maximum Gasteiger partial charge on any atom is 0.338 e. The van der Waals surface area contributed by atoms with E-state index in [9.17, 15) is 22.4 Å². The minimum absolute atomic E-state index is 0.00288. The Hall–Kier alpha value is -2.37. The van der Waals surface area contributed by atoms with Crippen LogP contribution in [0.3, 0.4) is 0 Å². The Morgan fingerprint density at radius 2 is 1.67 bits per heavy atom. The van der Waals surface area contributed by atoms with Gasteiger partial charge in [-0.15, -0.1) is 0 Å². The molecular formula is C15H10F4O2. The number of halogens is 4. The minimum Gasteiger partial charge on any atom is -0.462 e. The van der Waals surface area contributed by atoms with E-state index in [1.807, 2.05) is 0 Å². The van der Waals surface area contributed by atoms with Crippen molar-refractivity contribution in [1.82, 2.24) is 0 Å². The summed E-state index contributed by atoms with van der Waals surface area (Å²) < 4.78 is 58.5. The number of esters is 1. The summed E-state index contributed by atoms with van der Waals surface area (Å²) in [6.07, 6.45) is 0. The summed E-state index contributed by atoms with van der Waals surface area (Å²) >= 11 is 0. The van der Waals surface area contributed by atoms with Gasteiger partial charge < -0.3 is 4.74 Å². The maximum absolute atomic E-state index is 13.8. The zero-order valence-electron chi connectivity index (χ0n) is 10.9. The highest BCUT2D eigenvalue weighted by molar-refractivity contribution is 5.97. The molecule has 0 N–H and O–H groups in total. The standard InChI is InChI=1S/C15H10F4O2/c1-2-21-15(20)10-7-13(18)12(17)6-9(10)8-4-3-5-11(16)14(8)19/h3-7H,2H2,1H3. The van der Waals surface area contributed by atoms with E-state index in [1.54, 1.807) is 0 Å². The van der Waals surface area contributed by atoms with Crippen molar-refractivity contribution in [2.45, 2.75) is 6.92 Å². The third kappa shape index (κ3) is 2.89. The highest BCUT2D eigenvalue weighted by atomic mass is 19.2. The Kier molecular flexibility index (Phi) is 4.26. The molecule has 110 valence electrons. The molecular weight excluding hydrogens is 288 g/mol. The fraction of sp³-hybridized carbons (Fsp3) is 0.133. The molecule has 2 aromatic carbocycles. The molecule has 0 amide bonds. The second-order valence-corrected chi connectivity index (χ2v) is 4.13. The Labute approximate surface area is 118 Å². The van der Waals surface area contributed by atoms with Crippen molar-refractivity contribution in [2.75, 3.05) is 6.61 Å². The van der Waals surface area contributed by atoms with Crippen LogP contribution in [0.5, 0.6) is 0 Å². The number of rotatable bonds is 3. The monoisotopic (exact) mass is 298 g/mol. The van der Waals surface area contributed by atoms with Crippen molar-refractivity contribution in [2.24, 2.45) is 0 Å². The predicted octanol–water partition coefficient (Wildman–Crippen LogP) is 4.09. The van der Waals surface area contributed by atoms with Crippen molar-refractivity contribution in [3.05, 3.63) is 59.2 Å². The van der Waals surface area contributed by atoms with Crippen molar-refractivity contribution in [3.63, 3.8) is 0 Å². The van der Waals surface area contributed by atoms with E-state index in [4.69, 9.17) is 4.74 Å². The molecule has 21 heavy (non-hydrogen) atoms. The summed E-state index contributed by atoms with van der Waals surface area (Å²) in [5.41, 5.74) is -0.999. The van der Waals surface area contributed by atoms with Crippen LogP contribution in [0.15, 0.2) is 30.3 Å². The Bertz CT molecular complexity index is 698. The molecule has 0 fully saturated rings. The number of ether oxygens (including phenoxy) is 1. The second-order valence-electron chi connectivity index (χ2n) is 4.13. The molecule has 0 aliphatic heterocycles. The lowest BCUT2D eigenvalue weighted by Crippen LogP contribution is -2.08. The van der Waals surface area contributed by atoms with E-state index in [1.165, 1.54) is 13.0 Å². The summed E-state index contributed by atoms with van der Waals surface area (Å²) in [4.78, 5) is 11.8. The molecule has 0 saturated heterocycles. The fourth-order valence-electron chi connectivity index (χ4n) is 1.86. The first-order valence-corrected chi connectivity index (χ1v) is 6.06. The summed E-state index contributed by atoms with van der Waals surface area (Å²) in [6.45, 7) is 1.53. The van der Waals surface area contributed by atoms with Gasteiger partial charge in [0, 0.05) is 11.1 Å². The summed E-state index contributed by atoms with van der Waals surface area (Å²) in [5.74, 6) is -5.92. The topological polar surface area (TPSA) is 26.3 Å². The predicted molar refractivity (Wildman–Crippen MR) is 67.7 cm³/mol. The van der Waals surface area contributed by atoms with E-state index in [0.717, 1.165) is 12.1 Å². The van der Waals surface area contributed by atoms with Gasteiger partial charge in [0.15, 0.2) is 23.3 Å². The molecule has 0 radical (unpaired) electrons. The molecule has 0 aliphatic rings. The quantitative estimate of drug-likeness (QED) is 0.630. The molecule has 0 bridgehead atoms. The minimum atomic E-state index is -1.28. The van der Waals surface area contributed by atoms with E-state index >= 15 is 0 Å². The Morgan fingerprint density at radius 3 is 2.33 bits per heavy atom. The lowest BCUT2D eigenvalue weighted by Gasteiger charge is -2.11. The highest BCUT2D eigenvalue weighted by Crippen LogP contribution is 2.30. The number of carbonyl (C=O) groups is 1. The first-order valence-electron chi connectivity index (χ1n) is 6.06. The first kappa shape index (κ1) is 15.0. The van der Waals surface area contributed by atoms with E-state index in [0.29, 0.717) is 12.1 Å². The van der Waals surface area contributed by atoms with Crippen LogP contribution in [0.2, 0.25) is 0 Å². The second kappa shape index (κ2) is 5.95. The van der Waals surface area contributed by atoms with Crippen LogP contribution in [0.1, 0.15) is 17.3 Å². The van der Waals surface area contributed by atoms with Crippen molar-refractivity contribution >= 4 is 5.97 Å². The summed E-state index contributed by atoms with van der Waals surface area (Å²) in [7, 11) is 0. The van der Waals surface area contributed by atoms with Gasteiger partial charge in [-0.25, -0.2) is 22.4 Å². The summed E-state index contributed by atoms with van der Waals surface area (Å²) in [6, 6.07) is 4.48. The van der Waals surface area contributed by atoms with Gasteiger partial charge in [0.1, 0.15) is 0 Å². The van der Waals surface area contributed by atoms with Crippen LogP contribution in [0, 0.1) is 23.3 Å². The lowest BCUT2D eigenvalue weighted by atomic mass is 9.98. The van der Waals surface area contributed by atoms with Gasteiger partial charge in [-0.05, 0) is 25.1 Å². The third-order valence-corrected chi connectivity index (χ3v) is 2.80. The zero-order chi connectivity index (χ0) is 15.6. The smallest absolute Gasteiger partial charge is 0.338 e. The summed E-state index contributed by atoms with van der Waals surface area (Å²) in [5, 5.41) is 0. The number of hydrogen-bond acceptors (Lipinski definition) is 2. The molecule has 2 nitrogen and oxygen atoms in total. The average Bonchev–Trinajstić information content (AvgIpc) is 2.45. The van der Waals surface area contributed by atoms with Crippen LogP contribution in [0.25, 0.3) is 11.1 Å². The average molecular weight is 298 g/mol. The Morgan fingerprint density at radius 1 is 1.00 bits per heavy atom. The van der Waals surface area contributed by atoms with Gasteiger partial charge in [-0.2, -0.15) is 0 Å². The highest BCUT2D eigenvalue weighted by Gasteiger charge is 2.21. The first-order chi connectivity index (χ1) is 9.95. The van der Waals surface area contributed by atoms with Crippen molar-refractivity contribution in [1.29, 1.82) is 0 Å². The van der Waals surface area contributed by atoms with Crippen molar-refractivity contribution < 1.29 is 27.1 Å². The third-order valence-electron chi connectivity index (χ3n) is 2.80. The molecule has 0 aromatic heterocycles. The van der Waals surface area contributed by atoms with E-state index < -0.39 is 29.2 Å². The van der Waals surface area contributed by atoms with Crippen LogP contribution >= 0.6 is 0 Å². The van der Waals surface area contributed by atoms with Crippen LogP contribution < -0.4 is 0 Å². The van der Waals surface area contributed by atoms with Gasteiger partial charge in [-0.3, -0.25) is 0 Å². The molecule has 0 atom stereocenters. The van der Waals surface area contributed by atoms with Gasteiger partial charge >= 0.3 is 5.97 Å². The Balaban J connectivity index is 2.69. The molecule has 0 heterocycles. The van der Waals surface area contributed by atoms with Gasteiger partial charge in [-0.1, -0.05) is 12.1 Å². The van der Waals surface area contributed by atoms with Gasteiger partial charge in [0.05, 0.1) is 12.2 Å².